The van der Waals surface area contributed by atoms with E-state index in [0.29, 0.717) is 0 Å². The zero-order valence-corrected chi connectivity index (χ0v) is 8.50. The number of hydrogen-bond acceptors (Lipinski definition) is 4. The predicted octanol–water partition coefficient (Wildman–Crippen LogP) is 0.409. The molecule has 0 bridgehead atoms. The molecule has 0 saturated heterocycles. The average Bonchev–Trinajstić information content (AvgIpc) is 2.85. The van der Waals surface area contributed by atoms with Gasteiger partial charge in [-0.1, -0.05) is 0 Å². The molecule has 0 radical (unpaired) electrons. The van der Waals surface area contributed by atoms with Crippen LogP contribution in [0.25, 0.3) is 0 Å². The summed E-state index contributed by atoms with van der Waals surface area (Å²) in [5, 5.41) is 4.49. The van der Waals surface area contributed by atoms with Crippen molar-refractivity contribution in [3.63, 3.8) is 0 Å². The van der Waals surface area contributed by atoms with E-state index in [9.17, 15) is 12.8 Å². The number of nitrogens with two attached hydrogens (primary N) is 1. The Hall–Kier alpha value is -1.21. The third-order valence-electron chi connectivity index (χ3n) is 1.87. The van der Waals surface area contributed by atoms with Gasteiger partial charge in [-0.05, 0) is 12.8 Å². The highest BCUT2D eigenvalue weighted by molar-refractivity contribution is 7.89. The third kappa shape index (κ3) is 2.42. The van der Waals surface area contributed by atoms with Gasteiger partial charge in [0.05, 0.1) is 12.3 Å². The molecule has 0 atom stereocenters. The van der Waals surface area contributed by atoms with Gasteiger partial charge in [0.2, 0.25) is 5.03 Å². The zero-order chi connectivity index (χ0) is 11.1. The molecule has 2 rings (SSSR count). The molecule has 0 amide bonds. The van der Waals surface area contributed by atoms with Crippen molar-refractivity contribution in [2.45, 2.75) is 24.0 Å². The molecule has 0 aromatic carbocycles. The summed E-state index contributed by atoms with van der Waals surface area (Å²) in [5.74, 6) is -0.766. The SMILES string of the molecule is NS(=O)(=O)c1ncc(F)cc1OC1CC1. The largest absolute Gasteiger partial charge is 0.487 e. The minimum absolute atomic E-state index is 0.0471. The van der Waals surface area contributed by atoms with Crippen molar-refractivity contribution < 1.29 is 17.5 Å². The first-order valence-corrected chi connectivity index (χ1v) is 5.86. The molecule has 0 spiro atoms. The highest BCUT2D eigenvalue weighted by atomic mass is 32.2. The number of hydrogen-bond donors (Lipinski definition) is 1. The number of halogens is 1. The minimum atomic E-state index is -3.97. The molecule has 1 aromatic rings. The standard InChI is InChI=1S/C8H9FN2O3S/c9-5-3-7(14-6-1-2-6)8(11-4-5)15(10,12)13/h3-4,6H,1-2H2,(H2,10,12,13). The van der Waals surface area contributed by atoms with Gasteiger partial charge >= 0.3 is 0 Å². The molecule has 1 aliphatic carbocycles. The van der Waals surface area contributed by atoms with Crippen molar-refractivity contribution in [2.75, 3.05) is 0 Å². The Morgan fingerprint density at radius 2 is 2.20 bits per heavy atom. The average molecular weight is 232 g/mol. The van der Waals surface area contributed by atoms with Crippen molar-refractivity contribution in [1.29, 1.82) is 0 Å². The number of sulfonamides is 1. The van der Waals surface area contributed by atoms with Gasteiger partial charge in [-0.2, -0.15) is 0 Å². The molecular formula is C8H9FN2O3S. The third-order valence-corrected chi connectivity index (χ3v) is 2.72. The number of aromatic nitrogens is 1. The molecule has 7 heteroatoms. The Balaban J connectivity index is 2.43. The van der Waals surface area contributed by atoms with Crippen LogP contribution < -0.4 is 9.88 Å². The van der Waals surface area contributed by atoms with Gasteiger partial charge in [-0.3, -0.25) is 0 Å². The van der Waals surface area contributed by atoms with Crippen molar-refractivity contribution in [3.8, 4) is 5.75 Å². The van der Waals surface area contributed by atoms with Crippen LogP contribution in [-0.4, -0.2) is 19.5 Å². The quantitative estimate of drug-likeness (QED) is 0.818. The number of nitrogens with zero attached hydrogens (tertiary/aromatic N) is 1. The molecule has 1 saturated carbocycles. The van der Waals surface area contributed by atoms with Gasteiger partial charge in [-0.15, -0.1) is 0 Å². The van der Waals surface area contributed by atoms with Gasteiger partial charge in [0.25, 0.3) is 10.0 Å². The number of primary sulfonamides is 1. The predicted molar refractivity (Wildman–Crippen MR) is 49.2 cm³/mol. The molecule has 2 N–H and O–H groups in total. The summed E-state index contributed by atoms with van der Waals surface area (Å²) in [6.07, 6.45) is 2.41. The fourth-order valence-electron chi connectivity index (χ4n) is 1.07. The number of pyridine rings is 1. The van der Waals surface area contributed by atoms with E-state index >= 15 is 0 Å². The highest BCUT2D eigenvalue weighted by Gasteiger charge is 2.27. The highest BCUT2D eigenvalue weighted by Crippen LogP contribution is 2.30. The first-order chi connectivity index (χ1) is 6.97. The lowest BCUT2D eigenvalue weighted by molar-refractivity contribution is 0.290. The van der Waals surface area contributed by atoms with Gasteiger partial charge < -0.3 is 4.74 Å². The lowest BCUT2D eigenvalue weighted by Gasteiger charge is -2.07. The molecule has 1 aliphatic rings. The topological polar surface area (TPSA) is 82.3 Å². The van der Waals surface area contributed by atoms with Crippen molar-refractivity contribution in [2.24, 2.45) is 5.14 Å². The van der Waals surface area contributed by atoms with Crippen LogP contribution in [0.3, 0.4) is 0 Å². The summed E-state index contributed by atoms with van der Waals surface area (Å²) >= 11 is 0. The monoisotopic (exact) mass is 232 g/mol. The Kier molecular flexibility index (Phi) is 2.35. The van der Waals surface area contributed by atoms with Crippen LogP contribution in [0.1, 0.15) is 12.8 Å². The van der Waals surface area contributed by atoms with Crippen molar-refractivity contribution in [1.82, 2.24) is 4.98 Å². The smallest absolute Gasteiger partial charge is 0.259 e. The molecule has 0 unspecified atom stereocenters. The van der Waals surface area contributed by atoms with E-state index in [2.05, 4.69) is 4.98 Å². The van der Waals surface area contributed by atoms with Crippen LogP contribution in [0.15, 0.2) is 17.3 Å². The second-order valence-electron chi connectivity index (χ2n) is 3.32. The van der Waals surface area contributed by atoms with E-state index in [1.165, 1.54) is 0 Å². The second kappa shape index (κ2) is 3.42. The number of ether oxygens (including phenoxy) is 1. The minimum Gasteiger partial charge on any atom is -0.487 e. The molecule has 15 heavy (non-hydrogen) atoms. The van der Waals surface area contributed by atoms with Gasteiger partial charge in [0.1, 0.15) is 5.82 Å². The van der Waals surface area contributed by atoms with Crippen LogP contribution in [0.5, 0.6) is 5.75 Å². The Morgan fingerprint density at radius 1 is 1.53 bits per heavy atom. The summed E-state index contributed by atoms with van der Waals surface area (Å²) in [6, 6.07) is 0.977. The molecule has 1 aromatic heterocycles. The lowest BCUT2D eigenvalue weighted by atomic mass is 10.4. The summed E-state index contributed by atoms with van der Waals surface area (Å²) in [6.45, 7) is 0. The van der Waals surface area contributed by atoms with Crippen LogP contribution in [0.2, 0.25) is 0 Å². The van der Waals surface area contributed by atoms with Gasteiger partial charge in [0.15, 0.2) is 5.75 Å². The van der Waals surface area contributed by atoms with E-state index in [4.69, 9.17) is 9.88 Å². The summed E-state index contributed by atoms with van der Waals surface area (Å²) in [7, 11) is -3.97. The Morgan fingerprint density at radius 3 is 2.73 bits per heavy atom. The lowest BCUT2D eigenvalue weighted by Crippen LogP contribution is -2.16. The van der Waals surface area contributed by atoms with Crippen molar-refractivity contribution in [3.05, 3.63) is 18.1 Å². The van der Waals surface area contributed by atoms with E-state index in [1.54, 1.807) is 0 Å². The first kappa shape index (κ1) is 10.3. The second-order valence-corrected chi connectivity index (χ2v) is 4.80. The maximum atomic E-state index is 12.8. The fraction of sp³-hybridized carbons (Fsp3) is 0.375. The molecule has 5 nitrogen and oxygen atoms in total. The Labute approximate surface area is 86.1 Å². The van der Waals surface area contributed by atoms with Crippen LogP contribution in [0.4, 0.5) is 4.39 Å². The molecule has 82 valence electrons. The Bertz CT molecular complexity index is 485. The van der Waals surface area contributed by atoms with Gasteiger partial charge in [-0.25, -0.2) is 22.9 Å². The van der Waals surface area contributed by atoms with Gasteiger partial charge in [0, 0.05) is 6.07 Å². The first-order valence-electron chi connectivity index (χ1n) is 4.32. The number of rotatable bonds is 3. The maximum Gasteiger partial charge on any atom is 0.259 e. The van der Waals surface area contributed by atoms with Crippen LogP contribution in [-0.2, 0) is 10.0 Å². The molecular weight excluding hydrogens is 223 g/mol. The summed E-state index contributed by atoms with van der Waals surface area (Å²) < 4.78 is 40.2. The van der Waals surface area contributed by atoms with E-state index in [-0.39, 0.29) is 11.9 Å². The molecule has 0 aliphatic heterocycles. The normalized spacial score (nSPS) is 16.4. The zero-order valence-electron chi connectivity index (χ0n) is 7.68. The van der Waals surface area contributed by atoms with E-state index in [1.807, 2.05) is 0 Å². The maximum absolute atomic E-state index is 12.8. The summed E-state index contributed by atoms with van der Waals surface area (Å²) in [5.41, 5.74) is 0. The van der Waals surface area contributed by atoms with Crippen molar-refractivity contribution >= 4 is 10.0 Å². The van der Waals surface area contributed by atoms with E-state index in [0.717, 1.165) is 25.1 Å². The molecule has 1 heterocycles. The summed E-state index contributed by atoms with van der Waals surface area (Å²) in [4.78, 5) is 3.42. The van der Waals surface area contributed by atoms with E-state index < -0.39 is 20.9 Å². The molecule has 1 fully saturated rings. The fourth-order valence-corrected chi connectivity index (χ4v) is 1.66. The van der Waals surface area contributed by atoms with Crippen LogP contribution in [0, 0.1) is 5.82 Å². The van der Waals surface area contributed by atoms with Crippen LogP contribution >= 0.6 is 0 Å².